The second-order valence-electron chi connectivity index (χ2n) is 6.11. The maximum absolute atomic E-state index is 12.5. The Morgan fingerprint density at radius 1 is 1.17 bits per heavy atom. The molecule has 1 atom stereocenters. The highest BCUT2D eigenvalue weighted by atomic mass is 16.5. The van der Waals surface area contributed by atoms with Crippen LogP contribution in [0.5, 0.6) is 0 Å². The number of ketones is 1. The SMILES string of the molecule is CCn1c(=O)n(CCC(=O)OC2CCCCC2=O)c2ccccc21. The minimum atomic E-state index is -0.597. The molecule has 1 aliphatic rings. The van der Waals surface area contributed by atoms with Gasteiger partial charge in [-0.2, -0.15) is 0 Å². The summed E-state index contributed by atoms with van der Waals surface area (Å²) >= 11 is 0. The molecule has 1 fully saturated rings. The first-order chi connectivity index (χ1) is 11.6. The Morgan fingerprint density at radius 3 is 2.54 bits per heavy atom. The first kappa shape index (κ1) is 16.5. The monoisotopic (exact) mass is 330 g/mol. The Hall–Kier alpha value is -2.37. The van der Waals surface area contributed by atoms with Gasteiger partial charge in [0, 0.05) is 19.5 Å². The van der Waals surface area contributed by atoms with Crippen molar-refractivity contribution in [1.82, 2.24) is 9.13 Å². The lowest BCUT2D eigenvalue weighted by Gasteiger charge is -2.20. The summed E-state index contributed by atoms with van der Waals surface area (Å²) in [4.78, 5) is 36.3. The second kappa shape index (κ2) is 7.03. The molecule has 1 unspecified atom stereocenters. The van der Waals surface area contributed by atoms with E-state index in [0.717, 1.165) is 23.9 Å². The molecule has 2 aromatic rings. The van der Waals surface area contributed by atoms with Crippen molar-refractivity contribution in [2.75, 3.05) is 0 Å². The van der Waals surface area contributed by atoms with Crippen molar-refractivity contribution in [2.45, 2.75) is 58.2 Å². The third-order valence-corrected chi connectivity index (χ3v) is 4.55. The van der Waals surface area contributed by atoms with Crippen LogP contribution in [0.1, 0.15) is 39.0 Å². The van der Waals surface area contributed by atoms with Gasteiger partial charge >= 0.3 is 11.7 Å². The Bertz CT molecular complexity index is 818. The quantitative estimate of drug-likeness (QED) is 0.789. The highest BCUT2D eigenvalue weighted by Crippen LogP contribution is 2.18. The molecule has 1 heterocycles. The molecule has 3 rings (SSSR count). The van der Waals surface area contributed by atoms with Crippen LogP contribution in [-0.4, -0.2) is 27.0 Å². The van der Waals surface area contributed by atoms with Crippen molar-refractivity contribution in [3.8, 4) is 0 Å². The molecule has 1 aromatic heterocycles. The molecule has 0 spiro atoms. The lowest BCUT2D eigenvalue weighted by molar-refractivity contribution is -0.157. The Kier molecular flexibility index (Phi) is 4.83. The van der Waals surface area contributed by atoms with Gasteiger partial charge in [-0.1, -0.05) is 12.1 Å². The summed E-state index contributed by atoms with van der Waals surface area (Å²) in [6.07, 6.45) is 2.37. The molecule has 0 radical (unpaired) electrons. The van der Waals surface area contributed by atoms with Crippen LogP contribution in [0.15, 0.2) is 29.1 Å². The van der Waals surface area contributed by atoms with Crippen LogP contribution < -0.4 is 5.69 Å². The van der Waals surface area contributed by atoms with Crippen LogP contribution in [0.4, 0.5) is 0 Å². The molecule has 1 aromatic carbocycles. The molecule has 24 heavy (non-hydrogen) atoms. The summed E-state index contributed by atoms with van der Waals surface area (Å²) in [5.41, 5.74) is 1.55. The zero-order chi connectivity index (χ0) is 17.1. The smallest absolute Gasteiger partial charge is 0.329 e. The molecule has 6 heteroatoms. The number of hydrogen-bond donors (Lipinski definition) is 0. The lowest BCUT2D eigenvalue weighted by atomic mass is 9.96. The standard InChI is InChI=1S/C18H22N2O4/c1-2-19-13-7-3-4-8-14(13)20(18(19)23)12-11-17(22)24-16-10-6-5-9-15(16)21/h3-4,7-8,16H,2,5-6,9-12H2,1H3. The maximum Gasteiger partial charge on any atom is 0.329 e. The second-order valence-corrected chi connectivity index (χ2v) is 6.11. The Balaban J connectivity index is 1.71. The average molecular weight is 330 g/mol. The van der Waals surface area contributed by atoms with Gasteiger partial charge in [-0.3, -0.25) is 18.7 Å². The van der Waals surface area contributed by atoms with Crippen LogP contribution in [-0.2, 0) is 27.4 Å². The first-order valence-electron chi connectivity index (χ1n) is 8.52. The molecule has 0 saturated heterocycles. The summed E-state index contributed by atoms with van der Waals surface area (Å²) in [5.74, 6) is -0.412. The third-order valence-electron chi connectivity index (χ3n) is 4.55. The minimum Gasteiger partial charge on any atom is -0.454 e. The van der Waals surface area contributed by atoms with Gasteiger partial charge in [0.1, 0.15) is 0 Å². The van der Waals surface area contributed by atoms with E-state index in [1.165, 1.54) is 0 Å². The van der Waals surface area contributed by atoms with Gasteiger partial charge in [-0.05, 0) is 38.3 Å². The number of Topliss-reactive ketones (excluding diaryl/α,β-unsaturated/α-hetero) is 1. The predicted molar refractivity (Wildman–Crippen MR) is 89.8 cm³/mol. The minimum absolute atomic E-state index is 0.00866. The number of ether oxygens (including phenoxy) is 1. The average Bonchev–Trinajstić information content (AvgIpc) is 2.86. The predicted octanol–water partition coefficient (Wildman–Crippen LogP) is 2.27. The van der Waals surface area contributed by atoms with Gasteiger partial charge in [0.2, 0.25) is 0 Å². The van der Waals surface area contributed by atoms with E-state index in [1.54, 1.807) is 9.13 Å². The topological polar surface area (TPSA) is 70.3 Å². The fourth-order valence-electron chi connectivity index (χ4n) is 3.29. The molecule has 1 aliphatic carbocycles. The number of fused-ring (bicyclic) bond motifs is 1. The van der Waals surface area contributed by atoms with Crippen molar-refractivity contribution < 1.29 is 14.3 Å². The van der Waals surface area contributed by atoms with E-state index in [2.05, 4.69) is 0 Å². The zero-order valence-corrected chi connectivity index (χ0v) is 13.9. The van der Waals surface area contributed by atoms with Crippen LogP contribution in [0.3, 0.4) is 0 Å². The number of carbonyl (C=O) groups is 2. The zero-order valence-electron chi connectivity index (χ0n) is 13.9. The molecule has 0 aliphatic heterocycles. The number of imidazole rings is 1. The molecule has 0 amide bonds. The molecule has 0 bridgehead atoms. The van der Waals surface area contributed by atoms with Crippen LogP contribution in [0.2, 0.25) is 0 Å². The van der Waals surface area contributed by atoms with Gasteiger partial charge < -0.3 is 4.74 Å². The van der Waals surface area contributed by atoms with Gasteiger partial charge in [0.05, 0.1) is 17.5 Å². The first-order valence-corrected chi connectivity index (χ1v) is 8.52. The summed E-state index contributed by atoms with van der Waals surface area (Å²) < 4.78 is 8.59. The van der Waals surface area contributed by atoms with Gasteiger partial charge in [0.25, 0.3) is 0 Å². The van der Waals surface area contributed by atoms with E-state index in [0.29, 0.717) is 19.4 Å². The lowest BCUT2D eigenvalue weighted by Crippen LogP contribution is -2.31. The third kappa shape index (κ3) is 3.13. The van der Waals surface area contributed by atoms with Crippen LogP contribution >= 0.6 is 0 Å². The number of rotatable bonds is 5. The maximum atomic E-state index is 12.5. The van der Waals surface area contributed by atoms with Crippen molar-refractivity contribution in [3.05, 3.63) is 34.7 Å². The van der Waals surface area contributed by atoms with E-state index in [1.807, 2.05) is 31.2 Å². The normalized spacial score (nSPS) is 18.0. The molecule has 1 saturated carbocycles. The van der Waals surface area contributed by atoms with E-state index >= 15 is 0 Å². The van der Waals surface area contributed by atoms with Gasteiger partial charge in [-0.25, -0.2) is 4.79 Å². The molecular weight excluding hydrogens is 308 g/mol. The fraction of sp³-hybridized carbons (Fsp3) is 0.500. The summed E-state index contributed by atoms with van der Waals surface area (Å²) in [6.45, 7) is 2.75. The number of hydrogen-bond acceptors (Lipinski definition) is 4. The van der Waals surface area contributed by atoms with Crippen molar-refractivity contribution in [1.29, 1.82) is 0 Å². The van der Waals surface area contributed by atoms with Crippen molar-refractivity contribution in [2.24, 2.45) is 0 Å². The van der Waals surface area contributed by atoms with E-state index in [9.17, 15) is 14.4 Å². The number of carbonyl (C=O) groups excluding carboxylic acids is 2. The van der Waals surface area contributed by atoms with E-state index in [-0.39, 0.29) is 24.4 Å². The number of esters is 1. The molecule has 6 nitrogen and oxygen atoms in total. The molecule has 128 valence electrons. The van der Waals surface area contributed by atoms with Gasteiger partial charge in [-0.15, -0.1) is 0 Å². The van der Waals surface area contributed by atoms with Gasteiger partial charge in [0.15, 0.2) is 11.9 Å². The van der Waals surface area contributed by atoms with E-state index in [4.69, 9.17) is 4.74 Å². The van der Waals surface area contributed by atoms with E-state index < -0.39 is 12.1 Å². The Morgan fingerprint density at radius 2 is 1.88 bits per heavy atom. The van der Waals surface area contributed by atoms with Crippen molar-refractivity contribution in [3.63, 3.8) is 0 Å². The van der Waals surface area contributed by atoms with Crippen LogP contribution in [0, 0.1) is 0 Å². The number of nitrogens with zero attached hydrogens (tertiary/aromatic N) is 2. The highest BCUT2D eigenvalue weighted by Gasteiger charge is 2.25. The summed E-state index contributed by atoms with van der Waals surface area (Å²) in [6, 6.07) is 7.53. The Labute approximate surface area is 140 Å². The molecule has 0 N–H and O–H groups in total. The van der Waals surface area contributed by atoms with Crippen LogP contribution in [0.25, 0.3) is 11.0 Å². The summed E-state index contributed by atoms with van der Waals surface area (Å²) in [7, 11) is 0. The molecular formula is C18H22N2O4. The number of aryl methyl sites for hydroxylation is 2. The number of benzene rings is 1. The largest absolute Gasteiger partial charge is 0.454 e. The number of para-hydroxylation sites is 2. The summed E-state index contributed by atoms with van der Waals surface area (Å²) in [5, 5.41) is 0. The number of aromatic nitrogens is 2. The van der Waals surface area contributed by atoms with Crippen molar-refractivity contribution >= 4 is 22.8 Å². The fourth-order valence-corrected chi connectivity index (χ4v) is 3.29. The highest BCUT2D eigenvalue weighted by molar-refractivity contribution is 5.86.